The van der Waals surface area contributed by atoms with E-state index < -0.39 is 32.9 Å². The average Bonchev–Trinajstić information content (AvgIpc) is 2.74. The van der Waals surface area contributed by atoms with Crippen LogP contribution >= 0.6 is 0 Å². The molecule has 1 aliphatic rings. The zero-order valence-corrected chi connectivity index (χ0v) is 12.2. The highest BCUT2D eigenvalue weighted by atomic mass is 32.2. The zero-order chi connectivity index (χ0) is 14.9. The molecule has 0 spiro atoms. The van der Waals surface area contributed by atoms with Crippen LogP contribution in [-0.4, -0.2) is 19.7 Å². The molecule has 1 aliphatic carbocycles. The van der Waals surface area contributed by atoms with E-state index in [2.05, 4.69) is 4.72 Å². The van der Waals surface area contributed by atoms with Crippen LogP contribution in [0.5, 0.6) is 0 Å². The highest BCUT2D eigenvalue weighted by molar-refractivity contribution is 7.90. The highest BCUT2D eigenvalue weighted by Gasteiger charge is 2.27. The molecule has 0 aromatic heterocycles. The lowest BCUT2D eigenvalue weighted by molar-refractivity contribution is 0.561. The van der Waals surface area contributed by atoms with Crippen LogP contribution in [0.2, 0.25) is 0 Å². The van der Waals surface area contributed by atoms with Crippen molar-refractivity contribution in [2.45, 2.75) is 38.0 Å². The number of rotatable bonds is 4. The molecule has 1 aromatic rings. The van der Waals surface area contributed by atoms with Gasteiger partial charge in [0.15, 0.2) is 0 Å². The average molecular weight is 301 g/mol. The number of hydrogen-bond donors (Lipinski definition) is 1. The molecule has 0 fully saturated rings. The van der Waals surface area contributed by atoms with Crippen molar-refractivity contribution in [3.63, 3.8) is 0 Å². The number of halogens is 2. The molecule has 3 nitrogen and oxygen atoms in total. The topological polar surface area (TPSA) is 46.2 Å². The first-order valence-corrected chi connectivity index (χ1v) is 8.02. The minimum atomic E-state index is -3.42. The van der Waals surface area contributed by atoms with Gasteiger partial charge in [-0.3, -0.25) is 0 Å². The second kappa shape index (κ2) is 5.61. The van der Waals surface area contributed by atoms with E-state index in [0.29, 0.717) is 24.0 Å². The van der Waals surface area contributed by atoms with Gasteiger partial charge in [-0.2, -0.15) is 0 Å². The quantitative estimate of drug-likeness (QED) is 0.929. The second-order valence-corrected chi connectivity index (χ2v) is 7.43. The lowest BCUT2D eigenvalue weighted by atomic mass is 10.0. The van der Waals surface area contributed by atoms with Crippen LogP contribution in [0.4, 0.5) is 8.78 Å². The Balaban J connectivity index is 2.28. The van der Waals surface area contributed by atoms with Gasteiger partial charge in [0, 0.05) is 12.1 Å². The molecule has 0 saturated heterocycles. The van der Waals surface area contributed by atoms with Gasteiger partial charge in [0.25, 0.3) is 0 Å². The number of hydrogen-bond acceptors (Lipinski definition) is 2. The van der Waals surface area contributed by atoms with Gasteiger partial charge in [0.2, 0.25) is 10.0 Å². The summed E-state index contributed by atoms with van der Waals surface area (Å²) < 4.78 is 53.0. The van der Waals surface area contributed by atoms with E-state index in [9.17, 15) is 17.2 Å². The molecule has 0 heterocycles. The maximum Gasteiger partial charge on any atom is 0.214 e. The van der Waals surface area contributed by atoms with Crippen molar-refractivity contribution in [3.8, 4) is 0 Å². The van der Waals surface area contributed by atoms with Gasteiger partial charge in [-0.1, -0.05) is 6.08 Å². The van der Waals surface area contributed by atoms with Crippen LogP contribution in [-0.2, 0) is 10.0 Å². The first-order chi connectivity index (χ1) is 9.29. The Bertz CT molecular complexity index is 618. The maximum atomic E-state index is 13.3. The smallest absolute Gasteiger partial charge is 0.212 e. The van der Waals surface area contributed by atoms with Crippen molar-refractivity contribution in [3.05, 3.63) is 41.5 Å². The van der Waals surface area contributed by atoms with Crippen molar-refractivity contribution >= 4 is 15.6 Å². The van der Waals surface area contributed by atoms with Gasteiger partial charge in [0.05, 0.1) is 5.25 Å². The Morgan fingerprint density at radius 1 is 1.20 bits per heavy atom. The minimum Gasteiger partial charge on any atom is -0.212 e. The van der Waals surface area contributed by atoms with Crippen LogP contribution in [0.3, 0.4) is 0 Å². The van der Waals surface area contributed by atoms with Crippen molar-refractivity contribution in [2.24, 2.45) is 0 Å². The van der Waals surface area contributed by atoms with Gasteiger partial charge in [-0.25, -0.2) is 21.9 Å². The first kappa shape index (κ1) is 15.1. The van der Waals surface area contributed by atoms with E-state index in [1.807, 2.05) is 6.08 Å². The van der Waals surface area contributed by atoms with E-state index in [1.165, 1.54) is 12.1 Å². The van der Waals surface area contributed by atoms with E-state index in [0.717, 1.165) is 6.07 Å². The molecule has 2 rings (SSSR count). The Morgan fingerprint density at radius 3 is 2.35 bits per heavy atom. The van der Waals surface area contributed by atoms with Crippen molar-refractivity contribution in [1.29, 1.82) is 0 Å². The summed E-state index contributed by atoms with van der Waals surface area (Å²) in [6, 6.07) is 2.81. The molecular formula is C14H17F2NO2S. The molecule has 110 valence electrons. The minimum absolute atomic E-state index is 0.386. The zero-order valence-electron chi connectivity index (χ0n) is 11.4. The van der Waals surface area contributed by atoms with Crippen LogP contribution in [0, 0.1) is 11.6 Å². The molecule has 0 radical (unpaired) electrons. The summed E-state index contributed by atoms with van der Waals surface area (Å²) in [6.07, 6.45) is 3.10. The van der Waals surface area contributed by atoms with Crippen molar-refractivity contribution in [2.75, 3.05) is 0 Å². The summed E-state index contributed by atoms with van der Waals surface area (Å²) in [5, 5.41) is -0.548. The van der Waals surface area contributed by atoms with Gasteiger partial charge in [-0.05, 0) is 50.0 Å². The molecule has 0 amide bonds. The van der Waals surface area contributed by atoms with E-state index in [-0.39, 0.29) is 0 Å². The summed E-state index contributed by atoms with van der Waals surface area (Å²) >= 11 is 0. The van der Waals surface area contributed by atoms with Gasteiger partial charge < -0.3 is 0 Å². The normalized spacial score (nSPS) is 19.4. The molecule has 6 heteroatoms. The van der Waals surface area contributed by atoms with Crippen LogP contribution in [0.1, 0.15) is 32.3 Å². The molecular weight excluding hydrogens is 284 g/mol. The second-order valence-electron chi connectivity index (χ2n) is 5.16. The lowest BCUT2D eigenvalue weighted by Gasteiger charge is -2.19. The predicted octanol–water partition coefficient (Wildman–Crippen LogP) is 2.84. The Morgan fingerprint density at radius 2 is 1.80 bits per heavy atom. The van der Waals surface area contributed by atoms with E-state index in [4.69, 9.17) is 0 Å². The number of benzene rings is 1. The van der Waals surface area contributed by atoms with Crippen molar-refractivity contribution in [1.82, 2.24) is 4.72 Å². The third kappa shape index (κ3) is 3.24. The maximum absolute atomic E-state index is 13.3. The number of sulfonamides is 1. The lowest BCUT2D eigenvalue weighted by Crippen LogP contribution is -2.38. The van der Waals surface area contributed by atoms with Gasteiger partial charge in [0.1, 0.15) is 11.6 Å². The SMILES string of the molecule is CC(C)S(=O)(=O)NC1CCC=C1c1cc(F)cc(F)c1. The van der Waals surface area contributed by atoms with Gasteiger partial charge in [-0.15, -0.1) is 0 Å². The largest absolute Gasteiger partial charge is 0.214 e. The fraction of sp³-hybridized carbons (Fsp3) is 0.429. The van der Waals surface area contributed by atoms with Crippen LogP contribution in [0.25, 0.3) is 5.57 Å². The summed E-state index contributed by atoms with van der Waals surface area (Å²) in [4.78, 5) is 0. The fourth-order valence-electron chi connectivity index (χ4n) is 2.20. The molecule has 1 N–H and O–H groups in total. The third-order valence-electron chi connectivity index (χ3n) is 3.32. The van der Waals surface area contributed by atoms with E-state index in [1.54, 1.807) is 13.8 Å². The first-order valence-electron chi connectivity index (χ1n) is 6.47. The summed E-state index contributed by atoms with van der Waals surface area (Å²) in [6.45, 7) is 3.17. The molecule has 1 atom stereocenters. The van der Waals surface area contributed by atoms with Gasteiger partial charge >= 0.3 is 0 Å². The molecule has 0 bridgehead atoms. The molecule has 1 unspecified atom stereocenters. The predicted molar refractivity (Wildman–Crippen MR) is 74.5 cm³/mol. The Labute approximate surface area is 117 Å². The highest BCUT2D eigenvalue weighted by Crippen LogP contribution is 2.30. The van der Waals surface area contributed by atoms with Crippen molar-refractivity contribution < 1.29 is 17.2 Å². The summed E-state index contributed by atoms with van der Waals surface area (Å²) in [5.74, 6) is -1.34. The molecule has 0 saturated carbocycles. The summed E-state index contributed by atoms with van der Waals surface area (Å²) in [7, 11) is -3.42. The monoisotopic (exact) mass is 301 g/mol. The Hall–Kier alpha value is -1.27. The van der Waals surface area contributed by atoms with E-state index >= 15 is 0 Å². The standard InChI is InChI=1S/C14H17F2NO2S/c1-9(2)20(18,19)17-14-5-3-4-13(14)10-6-11(15)8-12(16)7-10/h4,6-9,14,17H,3,5H2,1-2H3. The molecule has 20 heavy (non-hydrogen) atoms. The Kier molecular flexibility index (Phi) is 4.25. The van der Waals surface area contributed by atoms with Crippen LogP contribution < -0.4 is 4.72 Å². The fourth-order valence-corrected chi connectivity index (χ4v) is 3.11. The summed E-state index contributed by atoms with van der Waals surface area (Å²) in [5.41, 5.74) is 1.02. The number of nitrogens with one attached hydrogen (secondary N) is 1. The molecule has 1 aromatic carbocycles. The molecule has 0 aliphatic heterocycles. The third-order valence-corrected chi connectivity index (χ3v) is 5.17. The number of allylic oxidation sites excluding steroid dienone is 1. The van der Waals surface area contributed by atoms with Crippen LogP contribution in [0.15, 0.2) is 24.3 Å².